The zero-order chi connectivity index (χ0) is 24.5. The van der Waals surface area contributed by atoms with Crippen LogP contribution in [0, 0.1) is 0 Å². The van der Waals surface area contributed by atoms with Crippen LogP contribution < -0.4 is 15.4 Å². The Bertz CT molecular complexity index is 1350. The van der Waals surface area contributed by atoms with Crippen molar-refractivity contribution in [3.8, 4) is 5.75 Å². The van der Waals surface area contributed by atoms with Gasteiger partial charge in [-0.05, 0) is 30.9 Å². The number of nitrogens with zero attached hydrogens (tertiary/aromatic N) is 6. The third kappa shape index (κ3) is 4.26. The van der Waals surface area contributed by atoms with Crippen molar-refractivity contribution in [2.75, 3.05) is 24.6 Å². The molecule has 0 radical (unpaired) electrons. The summed E-state index contributed by atoms with van der Waals surface area (Å²) < 4.78 is 6.41. The number of amides is 1. The van der Waals surface area contributed by atoms with Crippen LogP contribution >= 0.6 is 0 Å². The quantitative estimate of drug-likeness (QED) is 0.357. The Morgan fingerprint density at radius 1 is 1.19 bits per heavy atom. The summed E-state index contributed by atoms with van der Waals surface area (Å²) in [6, 6.07) is 5.69. The van der Waals surface area contributed by atoms with Gasteiger partial charge in [-0.15, -0.1) is 0 Å². The van der Waals surface area contributed by atoms with E-state index >= 15 is 0 Å². The van der Waals surface area contributed by atoms with Crippen molar-refractivity contribution in [1.82, 2.24) is 34.8 Å². The molecule has 4 N–H and O–H groups in total. The summed E-state index contributed by atoms with van der Waals surface area (Å²) in [5.74, 6) is 1.60. The van der Waals surface area contributed by atoms with Crippen molar-refractivity contribution in [3.05, 3.63) is 60.2 Å². The summed E-state index contributed by atoms with van der Waals surface area (Å²) >= 11 is 0. The lowest BCUT2D eigenvalue weighted by Gasteiger charge is -2.32. The molecule has 0 bridgehead atoms. The van der Waals surface area contributed by atoms with Gasteiger partial charge in [0, 0.05) is 37.8 Å². The van der Waals surface area contributed by atoms with Gasteiger partial charge in [0.05, 0.1) is 30.4 Å². The van der Waals surface area contributed by atoms with Gasteiger partial charge < -0.3 is 30.2 Å². The summed E-state index contributed by atoms with van der Waals surface area (Å²) in [6.45, 7) is 2.56. The van der Waals surface area contributed by atoms with Gasteiger partial charge in [0.25, 0.3) is 0 Å². The summed E-state index contributed by atoms with van der Waals surface area (Å²) in [7, 11) is 0. The number of aromatic nitrogens is 6. The van der Waals surface area contributed by atoms with E-state index in [1.807, 2.05) is 17.0 Å². The van der Waals surface area contributed by atoms with E-state index < -0.39 is 6.04 Å². The highest BCUT2D eigenvalue weighted by atomic mass is 16.5. The Morgan fingerprint density at radius 3 is 3.03 bits per heavy atom. The van der Waals surface area contributed by atoms with Crippen molar-refractivity contribution in [2.45, 2.75) is 44.3 Å². The fourth-order valence-electron chi connectivity index (χ4n) is 5.26. The number of aromatic amines is 2. The van der Waals surface area contributed by atoms with E-state index in [0.29, 0.717) is 26.1 Å². The predicted octanol–water partition coefficient (Wildman–Crippen LogP) is 1.58. The molecule has 186 valence electrons. The zero-order valence-corrected chi connectivity index (χ0v) is 19.9. The summed E-state index contributed by atoms with van der Waals surface area (Å²) in [5, 5.41) is 0. The fraction of sp³-hybridized carbons (Fsp3) is 0.400. The number of carbonyl (C=O) groups is 1. The topological polar surface area (TPSA) is 142 Å². The highest BCUT2D eigenvalue weighted by Crippen LogP contribution is 2.31. The van der Waals surface area contributed by atoms with Crippen molar-refractivity contribution < 1.29 is 9.53 Å². The molecule has 2 aliphatic rings. The van der Waals surface area contributed by atoms with Gasteiger partial charge >= 0.3 is 0 Å². The van der Waals surface area contributed by atoms with E-state index in [1.165, 1.54) is 5.56 Å². The highest BCUT2D eigenvalue weighted by Gasteiger charge is 2.30. The molecule has 1 saturated heterocycles. The fourth-order valence-corrected chi connectivity index (χ4v) is 5.26. The lowest BCUT2D eigenvalue weighted by Crippen LogP contribution is -2.47. The average Bonchev–Trinajstić information content (AvgIpc) is 3.68. The van der Waals surface area contributed by atoms with E-state index in [4.69, 9.17) is 10.5 Å². The second kappa shape index (κ2) is 9.57. The number of nitrogens with one attached hydrogen (secondary N) is 2. The number of anilines is 1. The van der Waals surface area contributed by atoms with E-state index in [-0.39, 0.29) is 11.9 Å². The standard InChI is InChI=1S/C25H29N9O2/c26-20(9-17-10-27-13-28-17)25(35)33-8-6-16-3-1-5-21(19(16)11-33)36-12-18-4-2-7-34(18)24-22-23(30-14-29-22)31-15-32-24/h1,3,5,10,13-15,18,20H,2,4,6-9,11-12,26H2,(H,27,28)(H,29,30,31,32)/t18?,20-/m0/s1. The minimum Gasteiger partial charge on any atom is -0.491 e. The molecule has 4 aromatic rings. The Morgan fingerprint density at radius 2 is 2.14 bits per heavy atom. The number of nitrogens with two attached hydrogens (primary N) is 1. The Kier molecular flexibility index (Phi) is 5.98. The lowest BCUT2D eigenvalue weighted by atomic mass is 9.98. The first-order valence-electron chi connectivity index (χ1n) is 12.3. The summed E-state index contributed by atoms with van der Waals surface area (Å²) in [5.41, 5.74) is 10.8. The average molecular weight is 488 g/mol. The Hall–Kier alpha value is -3.99. The van der Waals surface area contributed by atoms with Crippen LogP contribution in [0.15, 0.2) is 43.4 Å². The molecule has 0 saturated carbocycles. The van der Waals surface area contributed by atoms with E-state index in [0.717, 1.165) is 59.8 Å². The number of benzene rings is 1. The third-order valence-corrected chi connectivity index (χ3v) is 7.12. The SMILES string of the molecule is N[C@@H](Cc1c[nH]cn1)C(=O)N1CCc2cccc(OCC3CCCN3c3ncnc4[nH]cnc34)c2C1. The molecule has 0 aliphatic carbocycles. The molecule has 1 amide bonds. The predicted molar refractivity (Wildman–Crippen MR) is 133 cm³/mol. The number of ether oxygens (including phenoxy) is 1. The maximum atomic E-state index is 13.1. The van der Waals surface area contributed by atoms with Gasteiger partial charge in [0.2, 0.25) is 5.91 Å². The van der Waals surface area contributed by atoms with Crippen LogP contribution in [0.4, 0.5) is 5.82 Å². The molecule has 2 atom stereocenters. The minimum atomic E-state index is -0.623. The summed E-state index contributed by atoms with van der Waals surface area (Å²) in [4.78, 5) is 40.6. The molecule has 5 heterocycles. The second-order valence-corrected chi connectivity index (χ2v) is 9.37. The number of imidazole rings is 2. The molecule has 6 rings (SSSR count). The lowest BCUT2D eigenvalue weighted by molar-refractivity contribution is -0.133. The van der Waals surface area contributed by atoms with Crippen molar-refractivity contribution in [1.29, 1.82) is 0 Å². The van der Waals surface area contributed by atoms with Crippen LogP contribution in [-0.4, -0.2) is 72.5 Å². The maximum absolute atomic E-state index is 13.1. The molecule has 2 aliphatic heterocycles. The van der Waals surface area contributed by atoms with E-state index in [1.54, 1.807) is 25.2 Å². The molecule has 1 fully saturated rings. The van der Waals surface area contributed by atoms with Crippen LogP contribution in [0.25, 0.3) is 11.2 Å². The second-order valence-electron chi connectivity index (χ2n) is 9.37. The molecular formula is C25H29N9O2. The van der Waals surface area contributed by atoms with Gasteiger partial charge in [-0.3, -0.25) is 4.79 Å². The number of H-pyrrole nitrogens is 2. The first-order chi connectivity index (χ1) is 17.7. The van der Waals surface area contributed by atoms with Crippen LogP contribution in [0.1, 0.15) is 29.7 Å². The normalized spacial score (nSPS) is 18.4. The number of rotatable bonds is 7. The van der Waals surface area contributed by atoms with Crippen LogP contribution in [-0.2, 0) is 24.2 Å². The monoisotopic (exact) mass is 487 g/mol. The third-order valence-electron chi connectivity index (χ3n) is 7.12. The van der Waals surface area contributed by atoms with Crippen LogP contribution in [0.3, 0.4) is 0 Å². The molecule has 1 unspecified atom stereocenters. The summed E-state index contributed by atoms with van der Waals surface area (Å²) in [6.07, 6.45) is 9.85. The van der Waals surface area contributed by atoms with Crippen molar-refractivity contribution >= 4 is 22.9 Å². The highest BCUT2D eigenvalue weighted by molar-refractivity contribution is 5.83. The van der Waals surface area contributed by atoms with Gasteiger partial charge in [-0.25, -0.2) is 19.9 Å². The first-order valence-corrected chi connectivity index (χ1v) is 12.3. The Labute approximate surface area is 208 Å². The first kappa shape index (κ1) is 22.5. The zero-order valence-electron chi connectivity index (χ0n) is 19.9. The van der Waals surface area contributed by atoms with Gasteiger partial charge in [-0.2, -0.15) is 0 Å². The molecule has 1 aromatic carbocycles. The molecular weight excluding hydrogens is 458 g/mol. The molecule has 36 heavy (non-hydrogen) atoms. The van der Waals surface area contributed by atoms with Crippen LogP contribution in [0.5, 0.6) is 5.75 Å². The molecule has 0 spiro atoms. The van der Waals surface area contributed by atoms with Crippen molar-refractivity contribution in [2.24, 2.45) is 5.73 Å². The molecule has 3 aromatic heterocycles. The van der Waals surface area contributed by atoms with Crippen molar-refractivity contribution in [3.63, 3.8) is 0 Å². The smallest absolute Gasteiger partial charge is 0.240 e. The number of hydrogen-bond acceptors (Lipinski definition) is 8. The van der Waals surface area contributed by atoms with Gasteiger partial charge in [0.1, 0.15) is 24.2 Å². The number of fused-ring (bicyclic) bond motifs is 2. The van der Waals surface area contributed by atoms with Crippen LogP contribution in [0.2, 0.25) is 0 Å². The van der Waals surface area contributed by atoms with Gasteiger partial charge in [0.15, 0.2) is 11.5 Å². The van der Waals surface area contributed by atoms with Gasteiger partial charge in [-0.1, -0.05) is 12.1 Å². The Balaban J connectivity index is 1.15. The van der Waals surface area contributed by atoms with E-state index in [2.05, 4.69) is 40.9 Å². The maximum Gasteiger partial charge on any atom is 0.240 e. The minimum absolute atomic E-state index is 0.0628. The molecule has 11 heteroatoms. The molecule has 11 nitrogen and oxygen atoms in total. The van der Waals surface area contributed by atoms with E-state index in [9.17, 15) is 4.79 Å². The largest absolute Gasteiger partial charge is 0.491 e. The number of carbonyl (C=O) groups excluding carboxylic acids is 1. The number of hydrogen-bond donors (Lipinski definition) is 3.